The molecule has 2 aromatic rings. The summed E-state index contributed by atoms with van der Waals surface area (Å²) in [5.74, 6) is 0.326. The molecule has 1 aromatic heterocycles. The van der Waals surface area contributed by atoms with Gasteiger partial charge in [-0.3, -0.25) is 14.2 Å². The summed E-state index contributed by atoms with van der Waals surface area (Å²) in [5, 5.41) is 0.848. The Balaban J connectivity index is 2.53. The van der Waals surface area contributed by atoms with E-state index in [2.05, 4.69) is 0 Å². The summed E-state index contributed by atoms with van der Waals surface area (Å²) >= 11 is 0. The number of hydrogen-bond donors (Lipinski definition) is 0. The number of nitrogens with zero attached hydrogens (tertiary/aromatic N) is 1. The molecule has 0 amide bonds. The summed E-state index contributed by atoms with van der Waals surface area (Å²) in [6, 6.07) is 5.49. The molecular formula is C17H21NO4. The van der Waals surface area contributed by atoms with Gasteiger partial charge in [-0.15, -0.1) is 0 Å². The number of carbonyl (C=O) groups is 2. The van der Waals surface area contributed by atoms with Gasteiger partial charge in [0, 0.05) is 18.0 Å². The average molecular weight is 303 g/mol. The molecular weight excluding hydrogens is 282 g/mol. The molecule has 0 N–H and O–H groups in total. The molecule has 1 aromatic carbocycles. The third kappa shape index (κ3) is 2.98. The van der Waals surface area contributed by atoms with Gasteiger partial charge < -0.3 is 9.47 Å². The lowest BCUT2D eigenvalue weighted by atomic mass is 10.1. The zero-order valence-electron chi connectivity index (χ0n) is 13.4. The van der Waals surface area contributed by atoms with Gasteiger partial charge >= 0.3 is 5.97 Å². The second kappa shape index (κ2) is 6.64. The minimum atomic E-state index is -0.282. The van der Waals surface area contributed by atoms with Crippen molar-refractivity contribution in [3.05, 3.63) is 29.5 Å². The van der Waals surface area contributed by atoms with Crippen LogP contribution in [0.3, 0.4) is 0 Å². The molecule has 0 aliphatic heterocycles. The third-order valence-corrected chi connectivity index (χ3v) is 3.65. The topological polar surface area (TPSA) is 57.5 Å². The molecule has 5 nitrogen and oxygen atoms in total. The van der Waals surface area contributed by atoms with Gasteiger partial charge in [0.05, 0.1) is 25.7 Å². The lowest BCUT2D eigenvalue weighted by Gasteiger charge is -2.05. The average Bonchev–Trinajstić information content (AvgIpc) is 2.77. The van der Waals surface area contributed by atoms with Crippen LogP contribution in [0.1, 0.15) is 36.3 Å². The van der Waals surface area contributed by atoms with Gasteiger partial charge in [0.2, 0.25) is 5.91 Å². The molecule has 118 valence electrons. The van der Waals surface area contributed by atoms with Crippen molar-refractivity contribution in [1.29, 1.82) is 0 Å². The van der Waals surface area contributed by atoms with E-state index in [1.165, 1.54) is 6.92 Å². The maximum Gasteiger partial charge on any atom is 0.310 e. The zero-order chi connectivity index (χ0) is 16.3. The minimum Gasteiger partial charge on any atom is -0.497 e. The van der Waals surface area contributed by atoms with Gasteiger partial charge in [0.15, 0.2) is 0 Å². The molecule has 1 heterocycles. The lowest BCUT2D eigenvalue weighted by molar-refractivity contribution is -0.142. The Labute approximate surface area is 129 Å². The number of esters is 1. The number of aromatic nitrogens is 1. The van der Waals surface area contributed by atoms with Crippen molar-refractivity contribution in [2.45, 2.75) is 33.6 Å². The fourth-order valence-corrected chi connectivity index (χ4v) is 2.63. The van der Waals surface area contributed by atoms with E-state index in [4.69, 9.17) is 9.47 Å². The summed E-state index contributed by atoms with van der Waals surface area (Å²) < 4.78 is 12.0. The normalized spacial score (nSPS) is 10.7. The van der Waals surface area contributed by atoms with E-state index in [9.17, 15) is 9.59 Å². The summed E-state index contributed by atoms with van der Waals surface area (Å²) in [5.41, 5.74) is 2.36. The fraction of sp³-hybridized carbons (Fsp3) is 0.412. The van der Waals surface area contributed by atoms with Crippen LogP contribution in [0, 0.1) is 6.92 Å². The predicted molar refractivity (Wildman–Crippen MR) is 84.5 cm³/mol. The number of methoxy groups -OCH3 is 1. The van der Waals surface area contributed by atoms with Crippen LogP contribution in [0.25, 0.3) is 10.9 Å². The van der Waals surface area contributed by atoms with Crippen LogP contribution in [-0.4, -0.2) is 30.2 Å². The standard InChI is InChI=1S/C17H21NO4/c1-5-8-22-17(20)10-14-11(2)18(12(3)19)16-7-6-13(21-4)9-15(14)16/h6-7,9H,5,8,10H2,1-4H3. The monoisotopic (exact) mass is 303 g/mol. The van der Waals surface area contributed by atoms with Crippen molar-refractivity contribution in [1.82, 2.24) is 4.57 Å². The van der Waals surface area contributed by atoms with E-state index in [-0.39, 0.29) is 18.3 Å². The maximum absolute atomic E-state index is 12.0. The second-order valence-corrected chi connectivity index (χ2v) is 5.20. The first-order valence-corrected chi connectivity index (χ1v) is 7.34. The number of rotatable bonds is 5. The van der Waals surface area contributed by atoms with Crippen molar-refractivity contribution in [3.63, 3.8) is 0 Å². The highest BCUT2D eigenvalue weighted by Gasteiger charge is 2.19. The Bertz CT molecular complexity index is 715. The first-order valence-electron chi connectivity index (χ1n) is 7.34. The van der Waals surface area contributed by atoms with Gasteiger partial charge in [0.1, 0.15) is 5.75 Å². The van der Waals surface area contributed by atoms with Crippen molar-refractivity contribution in [3.8, 4) is 5.75 Å². The van der Waals surface area contributed by atoms with Crippen molar-refractivity contribution in [2.24, 2.45) is 0 Å². The van der Waals surface area contributed by atoms with Crippen LogP contribution in [0.5, 0.6) is 5.75 Å². The van der Waals surface area contributed by atoms with Crippen LogP contribution in [-0.2, 0) is 16.0 Å². The van der Waals surface area contributed by atoms with Crippen molar-refractivity contribution < 1.29 is 19.1 Å². The number of ether oxygens (including phenoxy) is 2. The van der Waals surface area contributed by atoms with E-state index in [0.29, 0.717) is 12.4 Å². The number of carbonyl (C=O) groups excluding carboxylic acids is 2. The predicted octanol–water partition coefficient (Wildman–Crippen LogP) is 3.11. The highest BCUT2D eigenvalue weighted by atomic mass is 16.5. The Kier molecular flexibility index (Phi) is 4.85. The SMILES string of the molecule is CCCOC(=O)Cc1c(C)n(C(C)=O)c2ccc(OC)cc12. The van der Waals surface area contributed by atoms with Gasteiger partial charge in [-0.05, 0) is 37.1 Å². The Morgan fingerprint density at radius 3 is 2.59 bits per heavy atom. The molecule has 0 saturated heterocycles. The van der Waals surface area contributed by atoms with Crippen LogP contribution >= 0.6 is 0 Å². The smallest absolute Gasteiger partial charge is 0.310 e. The molecule has 2 rings (SSSR count). The molecule has 0 bridgehead atoms. The summed E-state index contributed by atoms with van der Waals surface area (Å²) in [6.07, 6.45) is 0.934. The van der Waals surface area contributed by atoms with Gasteiger partial charge in [-0.25, -0.2) is 0 Å². The molecule has 0 radical (unpaired) electrons. The van der Waals surface area contributed by atoms with E-state index >= 15 is 0 Å². The zero-order valence-corrected chi connectivity index (χ0v) is 13.4. The molecule has 0 aliphatic carbocycles. The first-order chi connectivity index (χ1) is 10.5. The van der Waals surface area contributed by atoms with E-state index in [0.717, 1.165) is 28.6 Å². The quantitative estimate of drug-likeness (QED) is 0.796. The van der Waals surface area contributed by atoms with Crippen LogP contribution in [0.2, 0.25) is 0 Å². The van der Waals surface area contributed by atoms with Crippen LogP contribution in [0.15, 0.2) is 18.2 Å². The van der Waals surface area contributed by atoms with Crippen LogP contribution < -0.4 is 4.74 Å². The minimum absolute atomic E-state index is 0.0826. The first kappa shape index (κ1) is 16.1. The summed E-state index contributed by atoms with van der Waals surface area (Å²) in [7, 11) is 1.59. The summed E-state index contributed by atoms with van der Waals surface area (Å²) in [4.78, 5) is 23.9. The van der Waals surface area contributed by atoms with Crippen molar-refractivity contribution in [2.75, 3.05) is 13.7 Å². The molecule has 0 spiro atoms. The largest absolute Gasteiger partial charge is 0.497 e. The molecule has 0 fully saturated rings. The van der Waals surface area contributed by atoms with Crippen LogP contribution in [0.4, 0.5) is 0 Å². The molecule has 0 aliphatic rings. The summed E-state index contributed by atoms with van der Waals surface area (Å²) in [6.45, 7) is 5.71. The van der Waals surface area contributed by atoms with Crippen molar-refractivity contribution >= 4 is 22.8 Å². The van der Waals surface area contributed by atoms with E-state index < -0.39 is 0 Å². The molecule has 0 atom stereocenters. The molecule has 5 heteroatoms. The molecule has 0 saturated carbocycles. The van der Waals surface area contributed by atoms with Gasteiger partial charge in [-0.2, -0.15) is 0 Å². The highest BCUT2D eigenvalue weighted by Crippen LogP contribution is 2.30. The lowest BCUT2D eigenvalue weighted by Crippen LogP contribution is -2.11. The molecule has 22 heavy (non-hydrogen) atoms. The number of benzene rings is 1. The highest BCUT2D eigenvalue weighted by molar-refractivity contribution is 5.97. The Morgan fingerprint density at radius 2 is 2.00 bits per heavy atom. The third-order valence-electron chi connectivity index (χ3n) is 3.65. The number of hydrogen-bond acceptors (Lipinski definition) is 4. The fourth-order valence-electron chi connectivity index (χ4n) is 2.63. The molecule has 0 unspecified atom stereocenters. The Morgan fingerprint density at radius 1 is 1.27 bits per heavy atom. The number of fused-ring (bicyclic) bond motifs is 1. The van der Waals surface area contributed by atoms with E-state index in [1.54, 1.807) is 17.7 Å². The second-order valence-electron chi connectivity index (χ2n) is 5.20. The Hall–Kier alpha value is -2.30. The van der Waals surface area contributed by atoms with E-state index in [1.807, 2.05) is 26.0 Å². The van der Waals surface area contributed by atoms with Gasteiger partial charge in [-0.1, -0.05) is 6.92 Å². The maximum atomic E-state index is 12.0. The van der Waals surface area contributed by atoms with Gasteiger partial charge in [0.25, 0.3) is 0 Å².